The van der Waals surface area contributed by atoms with Crippen LogP contribution in [0, 0.1) is 5.92 Å². The van der Waals surface area contributed by atoms with Crippen LogP contribution in [-0.4, -0.2) is 46.4 Å². The number of rotatable bonds is 11. The van der Waals surface area contributed by atoms with Crippen molar-refractivity contribution >= 4 is 23.2 Å². The minimum atomic E-state index is -1.82. The number of carbonyl (C=O) groups excluding carboxylic acids is 2. The molecule has 0 saturated carbocycles. The maximum atomic E-state index is 13.5. The Morgan fingerprint density at radius 1 is 1.18 bits per heavy atom. The van der Waals surface area contributed by atoms with Gasteiger partial charge in [0.2, 0.25) is 0 Å². The fourth-order valence-corrected chi connectivity index (χ4v) is 3.90. The van der Waals surface area contributed by atoms with Crippen molar-refractivity contribution in [3.63, 3.8) is 0 Å². The predicted molar refractivity (Wildman–Crippen MR) is 135 cm³/mol. The summed E-state index contributed by atoms with van der Waals surface area (Å²) in [7, 11) is 0. The Bertz CT molecular complexity index is 975. The van der Waals surface area contributed by atoms with E-state index < -0.39 is 29.4 Å². The molecule has 1 aromatic rings. The van der Waals surface area contributed by atoms with Crippen molar-refractivity contribution < 1.29 is 24.9 Å². The van der Waals surface area contributed by atoms with Gasteiger partial charge in [-0.25, -0.2) is 0 Å². The first-order chi connectivity index (χ1) is 16.0. The first-order valence-corrected chi connectivity index (χ1v) is 11.8. The predicted octanol–water partition coefficient (Wildman–Crippen LogP) is 3.81. The number of carbonyl (C=O) groups is 2. The van der Waals surface area contributed by atoms with E-state index in [-0.39, 0.29) is 6.61 Å². The van der Waals surface area contributed by atoms with E-state index in [2.05, 4.69) is 25.2 Å². The van der Waals surface area contributed by atoms with Crippen LogP contribution in [0.1, 0.15) is 59.4 Å². The zero-order valence-corrected chi connectivity index (χ0v) is 20.8. The highest BCUT2D eigenvalue weighted by atomic mass is 16.3. The van der Waals surface area contributed by atoms with Crippen molar-refractivity contribution in [3.05, 3.63) is 59.2 Å². The van der Waals surface area contributed by atoms with Gasteiger partial charge >= 0.3 is 0 Å². The Labute approximate surface area is 202 Å². The summed E-state index contributed by atoms with van der Waals surface area (Å²) in [5, 5.41) is 32.9. The average molecular weight is 471 g/mol. The number of anilines is 2. The van der Waals surface area contributed by atoms with Gasteiger partial charge in [-0.05, 0) is 65.2 Å². The molecule has 34 heavy (non-hydrogen) atoms. The topological polar surface area (TPSA) is 110 Å². The number of aliphatic hydroxyl groups is 3. The molecule has 3 atom stereocenters. The summed E-state index contributed by atoms with van der Waals surface area (Å²) >= 11 is 0. The SMILES string of the molecule is CC(C)=CCC/C(C)=C/CN1C(=O)[C@@](O)([C@@H](C)/C=C/CCO)c2cc(NC(=O)[C@H](C)O)ccc21. The van der Waals surface area contributed by atoms with Crippen LogP contribution in [0.15, 0.2) is 53.6 Å². The van der Waals surface area contributed by atoms with Crippen LogP contribution in [0.2, 0.25) is 0 Å². The number of aliphatic hydroxyl groups excluding tert-OH is 2. The van der Waals surface area contributed by atoms with Crippen molar-refractivity contribution in [2.24, 2.45) is 5.92 Å². The van der Waals surface area contributed by atoms with E-state index in [1.165, 1.54) is 12.5 Å². The lowest BCUT2D eigenvalue weighted by Crippen LogP contribution is -2.44. The Hall–Kier alpha value is -2.74. The van der Waals surface area contributed by atoms with Crippen molar-refractivity contribution in [1.29, 1.82) is 0 Å². The molecule has 4 N–H and O–H groups in total. The molecule has 1 aromatic carbocycles. The van der Waals surface area contributed by atoms with E-state index in [9.17, 15) is 19.8 Å². The summed E-state index contributed by atoms with van der Waals surface area (Å²) in [6.07, 6.45) is 8.69. The zero-order chi connectivity index (χ0) is 25.5. The minimum absolute atomic E-state index is 0.0232. The molecule has 1 aliphatic heterocycles. The third-order valence-corrected chi connectivity index (χ3v) is 6.01. The molecular formula is C27H38N2O5. The smallest absolute Gasteiger partial charge is 0.264 e. The summed E-state index contributed by atoms with van der Waals surface area (Å²) in [5.74, 6) is -1.58. The molecule has 0 unspecified atom stereocenters. The second-order valence-electron chi connectivity index (χ2n) is 9.18. The quantitative estimate of drug-likeness (QED) is 0.368. The molecule has 7 nitrogen and oxygen atoms in total. The molecule has 0 fully saturated rings. The number of nitrogens with zero attached hydrogens (tertiary/aromatic N) is 1. The molecule has 0 saturated heterocycles. The highest BCUT2D eigenvalue weighted by Crippen LogP contribution is 2.46. The van der Waals surface area contributed by atoms with Gasteiger partial charge in [0.1, 0.15) is 6.10 Å². The molecule has 0 spiro atoms. The molecule has 7 heteroatoms. The van der Waals surface area contributed by atoms with Crippen LogP contribution in [0.5, 0.6) is 0 Å². The molecule has 186 valence electrons. The summed E-state index contributed by atoms with van der Waals surface area (Å²) in [4.78, 5) is 27.1. The number of hydrogen-bond donors (Lipinski definition) is 4. The molecule has 0 aliphatic carbocycles. The largest absolute Gasteiger partial charge is 0.396 e. The first kappa shape index (κ1) is 27.5. The molecule has 0 bridgehead atoms. The third-order valence-electron chi connectivity index (χ3n) is 6.01. The maximum absolute atomic E-state index is 13.5. The Morgan fingerprint density at radius 3 is 2.50 bits per heavy atom. The lowest BCUT2D eigenvalue weighted by atomic mass is 9.82. The van der Waals surface area contributed by atoms with Crippen molar-refractivity contribution in [1.82, 2.24) is 0 Å². The van der Waals surface area contributed by atoms with Crippen LogP contribution in [0.3, 0.4) is 0 Å². The van der Waals surface area contributed by atoms with Gasteiger partial charge in [0.25, 0.3) is 11.8 Å². The summed E-state index contributed by atoms with van der Waals surface area (Å²) in [6, 6.07) is 4.96. The van der Waals surface area contributed by atoms with Gasteiger partial charge in [0.15, 0.2) is 5.60 Å². The van der Waals surface area contributed by atoms with Gasteiger partial charge in [0.05, 0.1) is 5.69 Å². The lowest BCUT2D eigenvalue weighted by molar-refractivity contribution is -0.139. The van der Waals surface area contributed by atoms with E-state index in [1.54, 1.807) is 42.2 Å². The van der Waals surface area contributed by atoms with Crippen LogP contribution in [0.25, 0.3) is 0 Å². The van der Waals surface area contributed by atoms with Crippen molar-refractivity contribution in [2.75, 3.05) is 23.4 Å². The zero-order valence-electron chi connectivity index (χ0n) is 20.8. The fraction of sp³-hybridized carbons (Fsp3) is 0.481. The average Bonchev–Trinajstić information content (AvgIpc) is 2.99. The number of benzene rings is 1. The summed E-state index contributed by atoms with van der Waals surface area (Å²) in [5.41, 5.74) is 1.97. The van der Waals surface area contributed by atoms with Crippen LogP contribution < -0.4 is 10.2 Å². The van der Waals surface area contributed by atoms with Gasteiger partial charge < -0.3 is 25.5 Å². The summed E-state index contributed by atoms with van der Waals surface area (Å²) in [6.45, 7) is 9.57. The van der Waals surface area contributed by atoms with Crippen molar-refractivity contribution in [3.8, 4) is 0 Å². The monoisotopic (exact) mass is 470 g/mol. The third kappa shape index (κ3) is 6.44. The van der Waals surface area contributed by atoms with Crippen molar-refractivity contribution in [2.45, 2.75) is 65.6 Å². The maximum Gasteiger partial charge on any atom is 0.264 e. The van der Waals surface area contributed by atoms with E-state index >= 15 is 0 Å². The summed E-state index contributed by atoms with van der Waals surface area (Å²) < 4.78 is 0. The first-order valence-electron chi connectivity index (χ1n) is 11.8. The second kappa shape index (κ2) is 12.1. The normalized spacial score (nSPS) is 19.8. The number of hydrogen-bond acceptors (Lipinski definition) is 5. The van der Waals surface area contributed by atoms with E-state index in [4.69, 9.17) is 5.11 Å². The van der Waals surface area contributed by atoms with Crippen LogP contribution in [-0.2, 0) is 15.2 Å². The van der Waals surface area contributed by atoms with E-state index in [1.807, 2.05) is 13.0 Å². The molecule has 2 amide bonds. The minimum Gasteiger partial charge on any atom is -0.396 e. The standard InChI is InChI=1S/C27H38N2O5/c1-18(2)9-8-10-19(3)14-15-29-24-13-12-22(28-25(32)21(5)31)17-23(24)27(34,26(29)33)20(4)11-6-7-16-30/h6,9,11-14,17,20-21,30-31,34H,7-8,10,15-16H2,1-5H3,(H,28,32)/b11-6+,19-14+/t20-,21-,27+/m0/s1. The molecule has 2 rings (SSSR count). The molecule has 0 aromatic heterocycles. The molecule has 1 heterocycles. The van der Waals surface area contributed by atoms with Crippen LogP contribution >= 0.6 is 0 Å². The number of nitrogens with one attached hydrogen (secondary N) is 1. The van der Waals surface area contributed by atoms with E-state index in [0.29, 0.717) is 29.9 Å². The molecular weight excluding hydrogens is 432 g/mol. The van der Waals surface area contributed by atoms with Gasteiger partial charge in [-0.1, -0.05) is 42.4 Å². The van der Waals surface area contributed by atoms with Gasteiger partial charge in [0, 0.05) is 30.3 Å². The number of amides is 2. The van der Waals surface area contributed by atoms with E-state index in [0.717, 1.165) is 18.4 Å². The Morgan fingerprint density at radius 2 is 1.88 bits per heavy atom. The number of allylic oxidation sites excluding steroid dienone is 3. The van der Waals surface area contributed by atoms with Crippen LogP contribution in [0.4, 0.5) is 11.4 Å². The fourth-order valence-electron chi connectivity index (χ4n) is 3.90. The Balaban J connectivity index is 2.41. The Kier molecular flexibility index (Phi) is 9.79. The molecule has 1 aliphatic rings. The van der Waals surface area contributed by atoms with Gasteiger partial charge in [-0.3, -0.25) is 9.59 Å². The lowest BCUT2D eigenvalue weighted by Gasteiger charge is -2.27. The highest BCUT2D eigenvalue weighted by Gasteiger charge is 2.52. The van der Waals surface area contributed by atoms with Gasteiger partial charge in [-0.2, -0.15) is 0 Å². The highest BCUT2D eigenvalue weighted by molar-refractivity contribution is 6.08. The molecule has 0 radical (unpaired) electrons. The second-order valence-corrected chi connectivity index (χ2v) is 9.18. The van der Waals surface area contributed by atoms with Gasteiger partial charge in [-0.15, -0.1) is 0 Å². The number of fused-ring (bicyclic) bond motifs is 1.